The van der Waals surface area contributed by atoms with Crippen molar-refractivity contribution in [3.8, 4) is 5.75 Å². The number of imidazole rings is 1. The molecule has 5 atom stereocenters. The van der Waals surface area contributed by atoms with Gasteiger partial charge in [0.05, 0.1) is 6.33 Å². The van der Waals surface area contributed by atoms with Crippen LogP contribution in [0.5, 0.6) is 5.75 Å². The van der Waals surface area contributed by atoms with Crippen LogP contribution in [0, 0.1) is 6.08 Å². The van der Waals surface area contributed by atoms with Crippen LogP contribution in [0.25, 0.3) is 11.2 Å². The van der Waals surface area contributed by atoms with Crippen molar-refractivity contribution in [3.63, 3.8) is 0 Å². The van der Waals surface area contributed by atoms with Crippen molar-refractivity contribution in [2.24, 2.45) is 0 Å². The zero-order valence-corrected chi connectivity index (χ0v) is 17.4. The summed E-state index contributed by atoms with van der Waals surface area (Å²) in [6, 6.07) is 8.35. The van der Waals surface area contributed by atoms with E-state index in [1.54, 1.807) is 30.3 Å². The predicted octanol–water partition coefficient (Wildman–Crippen LogP) is 2.75. The van der Waals surface area contributed by atoms with E-state index >= 15 is 0 Å². The van der Waals surface area contributed by atoms with Gasteiger partial charge in [0.25, 0.3) is 0 Å². The van der Waals surface area contributed by atoms with Gasteiger partial charge < -0.3 is 15.2 Å². The summed E-state index contributed by atoms with van der Waals surface area (Å²) in [5.74, 6) is 0.450. The highest BCUT2D eigenvalue weighted by molar-refractivity contribution is 7.33. The van der Waals surface area contributed by atoms with Crippen LogP contribution < -0.4 is 9.84 Å². The SMILES string of the molecule is CNc1nc(F)nc2c1ncn2[C@@H]1O[C@](C)(CO[P+](=O)Oc2ccccc2)[C@@H](O)[C@@H]1F. The number of hydrogen-bond donors (Lipinski definition) is 2. The summed E-state index contributed by atoms with van der Waals surface area (Å²) in [7, 11) is -1.07. The number of halogens is 2. The van der Waals surface area contributed by atoms with Crippen molar-refractivity contribution in [1.82, 2.24) is 19.5 Å². The number of para-hydroxylation sites is 1. The maximum atomic E-state index is 15.0. The van der Waals surface area contributed by atoms with Crippen molar-refractivity contribution < 1.29 is 32.2 Å². The van der Waals surface area contributed by atoms with Gasteiger partial charge in [-0.15, -0.1) is 4.52 Å². The van der Waals surface area contributed by atoms with E-state index in [1.165, 1.54) is 24.9 Å². The van der Waals surface area contributed by atoms with Gasteiger partial charge in [-0.25, -0.2) is 13.9 Å². The Labute approximate surface area is 176 Å². The number of ether oxygens (including phenoxy) is 1. The molecule has 10 nitrogen and oxygen atoms in total. The summed E-state index contributed by atoms with van der Waals surface area (Å²) in [6.07, 6.45) is -4.75. The number of hydrogen-bond acceptors (Lipinski definition) is 9. The third-order valence-corrected chi connectivity index (χ3v) is 5.57. The van der Waals surface area contributed by atoms with Gasteiger partial charge in [-0.1, -0.05) is 18.2 Å². The van der Waals surface area contributed by atoms with Crippen LogP contribution in [-0.4, -0.2) is 56.2 Å². The molecule has 1 aromatic carbocycles. The van der Waals surface area contributed by atoms with Crippen LogP contribution >= 0.6 is 8.25 Å². The molecule has 0 aliphatic carbocycles. The molecule has 1 saturated heterocycles. The van der Waals surface area contributed by atoms with Crippen molar-refractivity contribution in [1.29, 1.82) is 0 Å². The van der Waals surface area contributed by atoms with E-state index in [-0.39, 0.29) is 17.0 Å². The number of aliphatic hydroxyl groups excluding tert-OH is 1. The maximum absolute atomic E-state index is 15.0. The first kappa shape index (κ1) is 21.4. The van der Waals surface area contributed by atoms with Gasteiger partial charge in [-0.2, -0.15) is 14.4 Å². The number of alkyl halides is 1. The molecular weight excluding hydrogens is 435 g/mol. The Bertz CT molecular complexity index is 1100. The highest BCUT2D eigenvalue weighted by Gasteiger charge is 2.55. The predicted molar refractivity (Wildman–Crippen MR) is 105 cm³/mol. The smallest absolute Gasteiger partial charge is 0.387 e. The number of nitrogens with one attached hydrogen (secondary N) is 1. The van der Waals surface area contributed by atoms with E-state index in [0.29, 0.717) is 5.75 Å². The second kappa shape index (κ2) is 8.39. The monoisotopic (exact) mass is 454 g/mol. The Hall–Kier alpha value is -2.79. The number of aromatic nitrogens is 4. The number of aliphatic hydroxyl groups is 1. The molecule has 0 spiro atoms. The highest BCUT2D eigenvalue weighted by atomic mass is 31.1. The van der Waals surface area contributed by atoms with Gasteiger partial charge in [0.2, 0.25) is 0 Å². The van der Waals surface area contributed by atoms with Gasteiger partial charge >= 0.3 is 14.3 Å². The average Bonchev–Trinajstić information content (AvgIpc) is 3.27. The zero-order valence-electron chi connectivity index (χ0n) is 16.5. The summed E-state index contributed by atoms with van der Waals surface area (Å²) in [4.78, 5) is 11.3. The molecule has 3 heterocycles. The standard InChI is InChI=1S/C18H19F2N5O5P/c1-18(8-28-31(27)30-10-6-4-3-5-7-10)13(26)11(19)16(29-18)25-9-22-12-14(21-2)23-17(20)24-15(12)25/h3-7,9,11,13,16,26H,8H2,1-2H3,(H,21,23,24)/q+1/t11-,13-,16+,18+/m0/s1. The Balaban J connectivity index is 1.52. The fourth-order valence-corrected chi connectivity index (χ4v) is 3.97. The van der Waals surface area contributed by atoms with Gasteiger partial charge in [-0.05, 0) is 19.1 Å². The van der Waals surface area contributed by atoms with Crippen molar-refractivity contribution in [2.45, 2.75) is 31.0 Å². The van der Waals surface area contributed by atoms with Crippen molar-refractivity contribution in [2.75, 3.05) is 19.0 Å². The normalized spacial score (nSPS) is 26.2. The molecule has 1 aliphatic heterocycles. The number of benzene rings is 1. The largest absolute Gasteiger partial charge is 0.750 e. The molecule has 0 bridgehead atoms. The van der Waals surface area contributed by atoms with Crippen LogP contribution in [0.4, 0.5) is 14.6 Å². The Kier molecular flexibility index (Phi) is 5.80. The summed E-state index contributed by atoms with van der Waals surface area (Å²) in [5.41, 5.74) is -1.37. The first-order chi connectivity index (χ1) is 14.8. The third-order valence-electron chi connectivity index (χ3n) is 4.87. The lowest BCUT2D eigenvalue weighted by atomic mass is 9.99. The molecule has 0 saturated carbocycles. The zero-order chi connectivity index (χ0) is 22.2. The Morgan fingerprint density at radius 2 is 2.10 bits per heavy atom. The van der Waals surface area contributed by atoms with E-state index in [9.17, 15) is 18.5 Å². The molecule has 2 N–H and O–H groups in total. The molecule has 1 fully saturated rings. The summed E-state index contributed by atoms with van der Waals surface area (Å²) in [5, 5.41) is 13.1. The lowest BCUT2D eigenvalue weighted by Crippen LogP contribution is -2.42. The van der Waals surface area contributed by atoms with E-state index in [2.05, 4.69) is 20.3 Å². The molecule has 2 aromatic heterocycles. The van der Waals surface area contributed by atoms with Gasteiger partial charge in [0.1, 0.15) is 18.3 Å². The van der Waals surface area contributed by atoms with Gasteiger partial charge in [-0.3, -0.25) is 4.57 Å². The number of nitrogens with zero attached hydrogens (tertiary/aromatic N) is 4. The molecule has 13 heteroatoms. The van der Waals surface area contributed by atoms with Crippen LogP contribution in [0.1, 0.15) is 13.2 Å². The minimum absolute atomic E-state index is 0.0136. The molecule has 1 unspecified atom stereocenters. The summed E-state index contributed by atoms with van der Waals surface area (Å²) < 4.78 is 58.1. The second-order valence-corrected chi connectivity index (χ2v) is 7.92. The molecule has 4 rings (SSSR count). The number of anilines is 1. The molecule has 0 amide bonds. The van der Waals surface area contributed by atoms with E-state index in [4.69, 9.17) is 13.8 Å². The van der Waals surface area contributed by atoms with Crippen LogP contribution in [0.15, 0.2) is 36.7 Å². The topological polar surface area (TPSA) is 121 Å². The van der Waals surface area contributed by atoms with Crippen molar-refractivity contribution in [3.05, 3.63) is 42.7 Å². The van der Waals surface area contributed by atoms with E-state index in [1.807, 2.05) is 0 Å². The Morgan fingerprint density at radius 3 is 2.81 bits per heavy atom. The fourth-order valence-electron chi connectivity index (χ4n) is 3.26. The summed E-state index contributed by atoms with van der Waals surface area (Å²) in [6.45, 7) is 0.981. The number of fused-ring (bicyclic) bond motifs is 1. The van der Waals surface area contributed by atoms with Crippen LogP contribution in [0.3, 0.4) is 0 Å². The maximum Gasteiger partial charge on any atom is 0.750 e. The number of rotatable bonds is 7. The second-order valence-electron chi connectivity index (χ2n) is 7.03. The molecule has 3 aromatic rings. The minimum atomic E-state index is -2.60. The van der Waals surface area contributed by atoms with Crippen molar-refractivity contribution >= 4 is 25.2 Å². The molecular formula is C18H19F2N5O5P+. The minimum Gasteiger partial charge on any atom is -0.387 e. The van der Waals surface area contributed by atoms with Crippen LogP contribution in [-0.2, 0) is 13.8 Å². The van der Waals surface area contributed by atoms with Gasteiger partial charge in [0.15, 0.2) is 35.1 Å². The van der Waals surface area contributed by atoms with Crippen LogP contribution in [0.2, 0.25) is 0 Å². The van der Waals surface area contributed by atoms with Gasteiger partial charge in [0, 0.05) is 11.6 Å². The summed E-state index contributed by atoms with van der Waals surface area (Å²) >= 11 is 0. The van der Waals surface area contributed by atoms with E-state index < -0.39 is 45.0 Å². The quantitative estimate of drug-likeness (QED) is 0.410. The highest BCUT2D eigenvalue weighted by Crippen LogP contribution is 2.42. The molecule has 0 radical (unpaired) electrons. The molecule has 31 heavy (non-hydrogen) atoms. The molecule has 164 valence electrons. The first-order valence-corrected chi connectivity index (χ1v) is 10.3. The van der Waals surface area contributed by atoms with E-state index in [0.717, 1.165) is 0 Å². The average molecular weight is 454 g/mol. The third kappa shape index (κ3) is 4.07. The molecule has 1 aliphatic rings. The first-order valence-electron chi connectivity index (χ1n) is 9.23. The lowest BCUT2D eigenvalue weighted by Gasteiger charge is -2.24. The Morgan fingerprint density at radius 1 is 1.35 bits per heavy atom. The lowest BCUT2D eigenvalue weighted by molar-refractivity contribution is -0.110. The fraction of sp³-hybridized carbons (Fsp3) is 0.389.